The highest BCUT2D eigenvalue weighted by atomic mass is 16.5. The van der Waals surface area contributed by atoms with Crippen LogP contribution in [0.5, 0.6) is 5.75 Å². The maximum absolute atomic E-state index is 7.59. The number of anilines is 1. The molecular weight excluding hydrogens is 516 g/mol. The molecule has 0 amide bonds. The van der Waals surface area contributed by atoms with E-state index in [0.717, 1.165) is 77.8 Å². The van der Waals surface area contributed by atoms with E-state index in [9.17, 15) is 0 Å². The lowest BCUT2D eigenvalue weighted by Gasteiger charge is -2.38. The number of nitrogens with zero attached hydrogens (tertiary/aromatic N) is 5. The molecule has 0 unspecified atom stereocenters. The molecule has 1 fully saturated rings. The summed E-state index contributed by atoms with van der Waals surface area (Å²) in [7, 11) is 3.63. The second-order valence-electron chi connectivity index (χ2n) is 10.4. The van der Waals surface area contributed by atoms with Gasteiger partial charge in [-0.25, -0.2) is 15.0 Å². The fraction of sp³-hybridized carbons (Fsp3) is 0.355. The fourth-order valence-electron chi connectivity index (χ4n) is 4.95. The van der Waals surface area contributed by atoms with E-state index in [4.69, 9.17) is 14.9 Å². The number of aromatic nitrogens is 4. The van der Waals surface area contributed by atoms with Crippen molar-refractivity contribution in [3.63, 3.8) is 0 Å². The number of piperidine rings is 1. The van der Waals surface area contributed by atoms with Gasteiger partial charge in [0.1, 0.15) is 30.1 Å². The highest BCUT2D eigenvalue weighted by Crippen LogP contribution is 2.26. The van der Waals surface area contributed by atoms with Crippen LogP contribution >= 0.6 is 0 Å². The van der Waals surface area contributed by atoms with E-state index in [0.29, 0.717) is 13.2 Å². The maximum Gasteiger partial charge on any atom is 0.140 e. The zero-order chi connectivity index (χ0) is 28.7. The zero-order valence-electron chi connectivity index (χ0n) is 23.9. The molecule has 0 saturated carbocycles. The number of imidazole rings is 1. The van der Waals surface area contributed by atoms with Gasteiger partial charge in [0.25, 0.3) is 0 Å². The number of nitrogens with one attached hydrogen (secondary N) is 3. The molecule has 1 aromatic carbocycles. The molecule has 214 valence electrons. The van der Waals surface area contributed by atoms with E-state index in [1.54, 1.807) is 13.4 Å². The first-order valence-corrected chi connectivity index (χ1v) is 13.9. The predicted molar refractivity (Wildman–Crippen MR) is 162 cm³/mol. The highest BCUT2D eigenvalue weighted by molar-refractivity contribution is 6.08. The first kappa shape index (κ1) is 28.3. The summed E-state index contributed by atoms with van der Waals surface area (Å²) in [5.74, 6) is 1.53. The molecule has 0 atom stereocenters. The molecule has 0 radical (unpaired) electrons. The van der Waals surface area contributed by atoms with Crippen LogP contribution < -0.4 is 15.4 Å². The van der Waals surface area contributed by atoms with Crippen molar-refractivity contribution in [2.24, 2.45) is 0 Å². The Morgan fingerprint density at radius 2 is 1.90 bits per heavy atom. The highest BCUT2D eigenvalue weighted by Gasteiger charge is 2.29. The smallest absolute Gasteiger partial charge is 0.140 e. The number of allylic oxidation sites excluding steroid dienone is 1. The summed E-state index contributed by atoms with van der Waals surface area (Å²) >= 11 is 0. The minimum absolute atomic E-state index is 0.00421. The Morgan fingerprint density at radius 3 is 2.63 bits per heavy atom. The Bertz CT molecular complexity index is 1490. The van der Waals surface area contributed by atoms with Gasteiger partial charge in [-0.1, -0.05) is 24.3 Å². The summed E-state index contributed by atoms with van der Waals surface area (Å²) in [6.45, 7) is 6.38. The molecule has 1 aliphatic heterocycles. The average molecular weight is 555 g/mol. The van der Waals surface area contributed by atoms with Crippen LogP contribution in [0.3, 0.4) is 0 Å². The van der Waals surface area contributed by atoms with Crippen LogP contribution in [-0.2, 0) is 11.3 Å². The van der Waals surface area contributed by atoms with E-state index < -0.39 is 0 Å². The van der Waals surface area contributed by atoms with Crippen molar-refractivity contribution in [2.45, 2.75) is 31.9 Å². The third kappa shape index (κ3) is 6.90. The molecule has 5 rings (SSSR count). The Labute approximate surface area is 241 Å². The standard InChI is InChI=1S/C31H38N8O2/c1-31(40-3)9-12-38(13-10-31)14-15-41-26-8-11-39-28(21-35-30(39)16-26)27-17-29(37-22-36-27)34-19-23-4-6-24(7-5-23)25(18-32)20-33-2/h4-8,11,16-18,20-22,32-33H,9-10,12-15,19H2,1-3H3,(H,34,36,37)/b25-20+,32-18?. The Balaban J connectivity index is 1.18. The largest absolute Gasteiger partial charge is 0.492 e. The van der Waals surface area contributed by atoms with Crippen molar-refractivity contribution >= 4 is 23.3 Å². The summed E-state index contributed by atoms with van der Waals surface area (Å²) in [4.78, 5) is 15.9. The van der Waals surface area contributed by atoms with E-state index >= 15 is 0 Å². The summed E-state index contributed by atoms with van der Waals surface area (Å²) in [5, 5.41) is 13.9. The number of hydrogen-bond acceptors (Lipinski definition) is 9. The normalized spacial score (nSPS) is 15.5. The minimum atomic E-state index is 0.00421. The van der Waals surface area contributed by atoms with Crippen LogP contribution in [0, 0.1) is 5.41 Å². The molecular formula is C31H38N8O2. The molecule has 10 nitrogen and oxygen atoms in total. The van der Waals surface area contributed by atoms with E-state index in [1.807, 2.05) is 72.5 Å². The van der Waals surface area contributed by atoms with E-state index in [-0.39, 0.29) is 5.60 Å². The van der Waals surface area contributed by atoms with Gasteiger partial charge in [0.05, 0.1) is 23.2 Å². The van der Waals surface area contributed by atoms with Crippen molar-refractivity contribution in [3.8, 4) is 17.1 Å². The molecule has 10 heteroatoms. The molecule has 0 bridgehead atoms. The van der Waals surface area contributed by atoms with Crippen molar-refractivity contribution in [1.82, 2.24) is 29.6 Å². The average Bonchev–Trinajstić information content (AvgIpc) is 3.44. The van der Waals surface area contributed by atoms with Crippen molar-refractivity contribution in [3.05, 3.63) is 78.5 Å². The van der Waals surface area contributed by atoms with Gasteiger partial charge in [-0.15, -0.1) is 0 Å². The number of likely N-dealkylation sites (tertiary alicyclic amines) is 1. The number of hydrogen-bond donors (Lipinski definition) is 3. The molecule has 4 aromatic rings. The number of methoxy groups -OCH3 is 1. The molecule has 0 spiro atoms. The number of benzene rings is 1. The van der Waals surface area contributed by atoms with E-state index in [1.165, 1.54) is 6.21 Å². The summed E-state index contributed by atoms with van der Waals surface area (Å²) in [6.07, 6.45) is 10.6. The summed E-state index contributed by atoms with van der Waals surface area (Å²) < 4.78 is 13.7. The van der Waals surface area contributed by atoms with Gasteiger partial charge in [-0.2, -0.15) is 0 Å². The van der Waals surface area contributed by atoms with Crippen LogP contribution in [0.25, 0.3) is 22.6 Å². The van der Waals surface area contributed by atoms with Gasteiger partial charge in [-0.3, -0.25) is 9.30 Å². The second kappa shape index (κ2) is 12.9. The van der Waals surface area contributed by atoms with Crippen molar-refractivity contribution < 1.29 is 9.47 Å². The van der Waals surface area contributed by atoms with Gasteiger partial charge >= 0.3 is 0 Å². The Kier molecular flexibility index (Phi) is 8.91. The lowest BCUT2D eigenvalue weighted by atomic mass is 9.93. The van der Waals surface area contributed by atoms with Crippen molar-refractivity contribution in [1.29, 1.82) is 5.41 Å². The van der Waals surface area contributed by atoms with Gasteiger partial charge in [0, 0.05) is 76.7 Å². The van der Waals surface area contributed by atoms with Crippen LogP contribution in [0.15, 0.2) is 67.4 Å². The third-order valence-corrected chi connectivity index (χ3v) is 7.71. The fourth-order valence-corrected chi connectivity index (χ4v) is 4.95. The molecule has 3 N–H and O–H groups in total. The van der Waals surface area contributed by atoms with Crippen LogP contribution in [0.4, 0.5) is 5.82 Å². The van der Waals surface area contributed by atoms with E-state index in [2.05, 4.69) is 37.4 Å². The first-order chi connectivity index (χ1) is 20.0. The minimum Gasteiger partial charge on any atom is -0.492 e. The number of rotatable bonds is 12. The maximum atomic E-state index is 7.59. The molecule has 0 aliphatic carbocycles. The van der Waals surface area contributed by atoms with Crippen LogP contribution in [0.2, 0.25) is 0 Å². The Morgan fingerprint density at radius 1 is 1.10 bits per heavy atom. The number of pyridine rings is 1. The quantitative estimate of drug-likeness (QED) is 0.220. The molecule has 1 saturated heterocycles. The van der Waals surface area contributed by atoms with Gasteiger partial charge in [0.2, 0.25) is 0 Å². The topological polar surface area (TPSA) is 113 Å². The van der Waals surface area contributed by atoms with Crippen LogP contribution in [0.1, 0.15) is 30.9 Å². The summed E-state index contributed by atoms with van der Waals surface area (Å²) in [6, 6.07) is 14.0. The predicted octanol–water partition coefficient (Wildman–Crippen LogP) is 4.49. The molecule has 1 aliphatic rings. The van der Waals surface area contributed by atoms with Gasteiger partial charge < -0.3 is 25.5 Å². The molecule has 3 aromatic heterocycles. The van der Waals surface area contributed by atoms with Gasteiger partial charge in [0.15, 0.2) is 0 Å². The van der Waals surface area contributed by atoms with Crippen LogP contribution in [-0.4, -0.2) is 76.5 Å². The third-order valence-electron chi connectivity index (χ3n) is 7.71. The number of ether oxygens (including phenoxy) is 2. The SMILES string of the molecule is CN/C=C(\C=N)c1ccc(CNc2cc(-c3cnc4cc(OCCN5CCC(C)(OC)CC5)ccn34)ncn2)cc1. The Hall–Kier alpha value is -4.28. The molecule has 4 heterocycles. The lowest BCUT2D eigenvalue weighted by Crippen LogP contribution is -2.44. The number of fused-ring (bicyclic) bond motifs is 1. The first-order valence-electron chi connectivity index (χ1n) is 13.9. The molecule has 41 heavy (non-hydrogen) atoms. The zero-order valence-corrected chi connectivity index (χ0v) is 23.9. The second-order valence-corrected chi connectivity index (χ2v) is 10.4. The monoisotopic (exact) mass is 554 g/mol. The lowest BCUT2D eigenvalue weighted by molar-refractivity contribution is -0.0439. The van der Waals surface area contributed by atoms with Crippen molar-refractivity contribution in [2.75, 3.05) is 45.7 Å². The van der Waals surface area contributed by atoms with Gasteiger partial charge in [-0.05, 0) is 37.0 Å². The summed E-state index contributed by atoms with van der Waals surface area (Å²) in [5.41, 5.74) is 5.39.